The number of nitrogens with one attached hydrogen (secondary N) is 1. The Morgan fingerprint density at radius 3 is 2.36 bits per heavy atom. The largest absolute Gasteiger partial charge is 0.390 e. The lowest BCUT2D eigenvalue weighted by atomic mass is 9.69. The molecule has 0 radical (unpaired) electrons. The van der Waals surface area contributed by atoms with Gasteiger partial charge in [0.1, 0.15) is 11.9 Å². The molecule has 2 atom stereocenters. The molecule has 138 valence electrons. The third kappa shape index (κ3) is 3.95. The van der Waals surface area contributed by atoms with Crippen LogP contribution in [0.5, 0.6) is 0 Å². The smallest absolute Gasteiger partial charge is 0.195 e. The molecule has 2 N–H and O–H groups in total. The third-order valence-electron chi connectivity index (χ3n) is 4.32. The van der Waals surface area contributed by atoms with Gasteiger partial charge in [-0.25, -0.2) is 4.68 Å². The highest BCUT2D eigenvalue weighted by molar-refractivity contribution is 7.71. The summed E-state index contributed by atoms with van der Waals surface area (Å²) >= 11 is 18.1. The molecule has 0 bridgehead atoms. The molecule has 0 amide bonds. The van der Waals surface area contributed by atoms with Crippen LogP contribution in [0.2, 0.25) is 10.0 Å². The average Bonchev–Trinajstić information content (AvgIpc) is 2.90. The van der Waals surface area contributed by atoms with Gasteiger partial charge in [0.2, 0.25) is 0 Å². The molecule has 1 heterocycles. The molecular formula is C18H25Cl2N3OS. The summed E-state index contributed by atoms with van der Waals surface area (Å²) in [5, 5.41) is 16.9. The van der Waals surface area contributed by atoms with Crippen molar-refractivity contribution in [2.75, 3.05) is 0 Å². The van der Waals surface area contributed by atoms with Gasteiger partial charge in [-0.05, 0) is 42.1 Å². The third-order valence-corrected chi connectivity index (χ3v) is 5.16. The summed E-state index contributed by atoms with van der Waals surface area (Å²) in [5.74, 6) is 0.266. The van der Waals surface area contributed by atoms with Gasteiger partial charge in [0, 0.05) is 15.6 Å². The molecule has 0 fully saturated rings. The van der Waals surface area contributed by atoms with Crippen LogP contribution in [0.4, 0.5) is 0 Å². The van der Waals surface area contributed by atoms with E-state index in [1.165, 1.54) is 6.33 Å². The molecule has 1 aromatic carbocycles. The summed E-state index contributed by atoms with van der Waals surface area (Å²) in [4.78, 5) is 2.94. The van der Waals surface area contributed by atoms with Gasteiger partial charge in [0.25, 0.3) is 0 Å². The summed E-state index contributed by atoms with van der Waals surface area (Å²) in [7, 11) is 0. The Labute approximate surface area is 164 Å². The van der Waals surface area contributed by atoms with Crippen LogP contribution in [-0.4, -0.2) is 26.0 Å². The highest BCUT2D eigenvalue weighted by Gasteiger charge is 2.49. The summed E-state index contributed by atoms with van der Waals surface area (Å²) in [6, 6.07) is 5.33. The molecule has 0 aliphatic carbocycles. The van der Waals surface area contributed by atoms with E-state index in [1.807, 2.05) is 26.8 Å². The lowest BCUT2D eigenvalue weighted by molar-refractivity contribution is -0.0381. The standard InChI is InChI=1S/C18H25Cl2N3OS/c1-11(2)9-18(15(24)17(3,4)5,23-16(25)21-10-22-23)13-7-6-12(19)8-14(13)20/h6-8,10-11,15,24H,9H2,1-5H3,(H,21,22,25)/t15-,18+/m0/s1. The number of aliphatic hydroxyl groups excluding tert-OH is 1. The summed E-state index contributed by atoms with van der Waals surface area (Å²) in [6.45, 7) is 10.2. The first-order valence-corrected chi connectivity index (χ1v) is 9.43. The zero-order chi connectivity index (χ0) is 19.0. The van der Waals surface area contributed by atoms with E-state index in [9.17, 15) is 5.11 Å². The number of aliphatic hydroxyl groups is 1. The maximum atomic E-state index is 11.5. The molecule has 2 rings (SSSR count). The summed E-state index contributed by atoms with van der Waals surface area (Å²) < 4.78 is 2.13. The molecule has 25 heavy (non-hydrogen) atoms. The fourth-order valence-electron chi connectivity index (χ4n) is 3.40. The molecule has 0 unspecified atom stereocenters. The zero-order valence-electron chi connectivity index (χ0n) is 15.2. The molecule has 0 saturated carbocycles. The van der Waals surface area contributed by atoms with E-state index in [1.54, 1.807) is 16.8 Å². The van der Waals surface area contributed by atoms with Crippen molar-refractivity contribution in [3.63, 3.8) is 0 Å². The molecule has 0 aliphatic heterocycles. The van der Waals surface area contributed by atoms with Crippen LogP contribution in [-0.2, 0) is 5.54 Å². The lowest BCUT2D eigenvalue weighted by Crippen LogP contribution is -2.53. The quantitative estimate of drug-likeness (QED) is 0.655. The van der Waals surface area contributed by atoms with E-state index in [0.717, 1.165) is 5.56 Å². The first-order chi connectivity index (χ1) is 11.5. The van der Waals surface area contributed by atoms with E-state index in [-0.39, 0.29) is 5.92 Å². The van der Waals surface area contributed by atoms with Crippen LogP contribution >= 0.6 is 35.4 Å². The van der Waals surface area contributed by atoms with Gasteiger partial charge in [-0.15, -0.1) is 0 Å². The first kappa shape index (κ1) is 20.4. The zero-order valence-corrected chi connectivity index (χ0v) is 17.5. The van der Waals surface area contributed by atoms with Gasteiger partial charge in [-0.3, -0.25) is 0 Å². The second-order valence-electron chi connectivity index (χ2n) is 7.92. The fraction of sp³-hybridized carbons (Fsp3) is 0.556. The highest BCUT2D eigenvalue weighted by atomic mass is 35.5. The summed E-state index contributed by atoms with van der Waals surface area (Å²) in [5.41, 5.74) is -0.575. The number of H-pyrrole nitrogens is 1. The highest BCUT2D eigenvalue weighted by Crippen LogP contribution is 2.45. The van der Waals surface area contributed by atoms with E-state index in [2.05, 4.69) is 23.9 Å². The van der Waals surface area contributed by atoms with E-state index in [4.69, 9.17) is 35.4 Å². The lowest BCUT2D eigenvalue weighted by Gasteiger charge is -2.45. The predicted octanol–water partition coefficient (Wildman–Crippen LogP) is 5.44. The van der Waals surface area contributed by atoms with Gasteiger partial charge in [0.15, 0.2) is 4.77 Å². The topological polar surface area (TPSA) is 53.8 Å². The molecule has 2 aromatic rings. The monoisotopic (exact) mass is 401 g/mol. The SMILES string of the molecule is CC(C)C[C@@](c1ccc(Cl)cc1Cl)([C@@H](O)C(C)(C)C)n1nc[nH]c1=S. The molecule has 4 nitrogen and oxygen atoms in total. The average molecular weight is 402 g/mol. The second kappa shape index (κ2) is 7.39. The Morgan fingerprint density at radius 1 is 1.28 bits per heavy atom. The van der Waals surface area contributed by atoms with Crippen LogP contribution in [0.3, 0.4) is 0 Å². The Balaban J connectivity index is 2.89. The number of benzene rings is 1. The number of hydrogen-bond acceptors (Lipinski definition) is 3. The minimum atomic E-state index is -0.912. The van der Waals surface area contributed by atoms with Crippen LogP contribution in [0.15, 0.2) is 24.5 Å². The van der Waals surface area contributed by atoms with E-state index >= 15 is 0 Å². The number of halogens is 2. The minimum absolute atomic E-state index is 0.266. The van der Waals surface area contributed by atoms with E-state index in [0.29, 0.717) is 21.2 Å². The second-order valence-corrected chi connectivity index (χ2v) is 9.15. The first-order valence-electron chi connectivity index (χ1n) is 8.27. The van der Waals surface area contributed by atoms with Crippen molar-refractivity contribution in [2.45, 2.75) is 52.7 Å². The Morgan fingerprint density at radius 2 is 1.92 bits per heavy atom. The molecule has 1 aromatic heterocycles. The van der Waals surface area contributed by atoms with Gasteiger partial charge in [-0.1, -0.05) is 63.9 Å². The molecular weight excluding hydrogens is 377 g/mol. The van der Waals surface area contributed by atoms with Crippen molar-refractivity contribution in [3.05, 3.63) is 44.9 Å². The van der Waals surface area contributed by atoms with E-state index < -0.39 is 17.1 Å². The number of aromatic nitrogens is 3. The van der Waals surface area contributed by atoms with Crippen LogP contribution in [0, 0.1) is 16.1 Å². The fourth-order valence-corrected chi connectivity index (χ4v) is 4.24. The maximum Gasteiger partial charge on any atom is 0.195 e. The predicted molar refractivity (Wildman–Crippen MR) is 106 cm³/mol. The number of rotatable bonds is 5. The van der Waals surface area contributed by atoms with Crippen LogP contribution in [0.25, 0.3) is 0 Å². The van der Waals surface area contributed by atoms with Crippen molar-refractivity contribution in [3.8, 4) is 0 Å². The number of hydrogen-bond donors (Lipinski definition) is 2. The van der Waals surface area contributed by atoms with Gasteiger partial charge >= 0.3 is 0 Å². The molecule has 0 aliphatic rings. The van der Waals surface area contributed by atoms with Crippen LogP contribution < -0.4 is 0 Å². The number of aromatic amines is 1. The van der Waals surface area contributed by atoms with Gasteiger partial charge in [0.05, 0.1) is 6.10 Å². The Bertz CT molecular complexity index is 794. The molecule has 0 saturated heterocycles. The number of nitrogens with zero attached hydrogens (tertiary/aromatic N) is 2. The van der Waals surface area contributed by atoms with Crippen molar-refractivity contribution in [1.82, 2.24) is 14.8 Å². The van der Waals surface area contributed by atoms with Crippen molar-refractivity contribution < 1.29 is 5.11 Å². The van der Waals surface area contributed by atoms with Crippen molar-refractivity contribution >= 4 is 35.4 Å². The Kier molecular flexibility index (Phi) is 6.04. The maximum absolute atomic E-state index is 11.5. The van der Waals surface area contributed by atoms with Crippen LogP contribution in [0.1, 0.15) is 46.6 Å². The molecule has 0 spiro atoms. The normalized spacial score (nSPS) is 16.0. The van der Waals surface area contributed by atoms with Gasteiger partial charge < -0.3 is 10.1 Å². The Hall–Kier alpha value is -0.880. The van der Waals surface area contributed by atoms with Gasteiger partial charge in [-0.2, -0.15) is 5.10 Å². The van der Waals surface area contributed by atoms with Crippen molar-refractivity contribution in [2.24, 2.45) is 11.3 Å². The minimum Gasteiger partial charge on any atom is -0.390 e. The van der Waals surface area contributed by atoms with Crippen molar-refractivity contribution in [1.29, 1.82) is 0 Å². The summed E-state index contributed by atoms with van der Waals surface area (Å²) in [6.07, 6.45) is 1.37. The molecule has 7 heteroatoms.